The number of nitrogens with one attached hydrogen (secondary N) is 1. The Balaban J connectivity index is 1.72. The highest BCUT2D eigenvalue weighted by Gasteiger charge is 2.54. The number of nitriles is 1. The fourth-order valence-corrected chi connectivity index (χ4v) is 3.32. The number of hydrogen-bond acceptors (Lipinski definition) is 2. The molecule has 19 heavy (non-hydrogen) atoms. The van der Waals surface area contributed by atoms with Crippen LogP contribution in [0.5, 0.6) is 0 Å². The molecule has 2 aliphatic rings. The van der Waals surface area contributed by atoms with Crippen molar-refractivity contribution in [2.45, 2.75) is 25.7 Å². The van der Waals surface area contributed by atoms with E-state index in [1.54, 1.807) is 0 Å². The van der Waals surface area contributed by atoms with Gasteiger partial charge < -0.3 is 5.32 Å². The van der Waals surface area contributed by atoms with E-state index in [0.717, 1.165) is 18.9 Å². The molecule has 2 unspecified atom stereocenters. The lowest BCUT2D eigenvalue weighted by Crippen LogP contribution is -2.16. The Hall–Kier alpha value is -1.89. The molecule has 3 rings (SSSR count). The second kappa shape index (κ2) is 4.65. The zero-order valence-electron chi connectivity index (χ0n) is 10.5. The highest BCUT2D eigenvalue weighted by atomic mass is 19.1. The zero-order valence-corrected chi connectivity index (χ0v) is 10.5. The van der Waals surface area contributed by atoms with Crippen LogP contribution in [-0.4, -0.2) is 5.91 Å². The minimum atomic E-state index is -0.463. The maximum absolute atomic E-state index is 13.0. The lowest BCUT2D eigenvalue weighted by atomic mass is 10.0. The SMILES string of the molecule is N#Cc1cc(F)ccc1NC(=O)C1C2CCCCC21. The van der Waals surface area contributed by atoms with Gasteiger partial charge in [0.2, 0.25) is 5.91 Å². The molecule has 0 aliphatic heterocycles. The number of amides is 1. The number of rotatable bonds is 2. The average molecular weight is 258 g/mol. The van der Waals surface area contributed by atoms with Crippen LogP contribution in [0.4, 0.5) is 10.1 Å². The standard InChI is InChI=1S/C15H15FN2O/c16-10-5-6-13(9(7-10)8-17)18-15(19)14-11-3-1-2-4-12(11)14/h5-7,11-12,14H,1-4H2,(H,18,19). The Morgan fingerprint density at radius 1 is 1.32 bits per heavy atom. The summed E-state index contributed by atoms with van der Waals surface area (Å²) in [5.41, 5.74) is 0.592. The third-order valence-corrected chi connectivity index (χ3v) is 4.32. The smallest absolute Gasteiger partial charge is 0.228 e. The van der Waals surface area contributed by atoms with Crippen molar-refractivity contribution in [2.75, 3.05) is 5.32 Å². The molecule has 2 atom stereocenters. The summed E-state index contributed by atoms with van der Waals surface area (Å²) in [5, 5.41) is 11.7. The molecule has 0 spiro atoms. The largest absolute Gasteiger partial charge is 0.325 e. The van der Waals surface area contributed by atoms with Gasteiger partial charge in [-0.05, 0) is 42.9 Å². The monoisotopic (exact) mass is 258 g/mol. The first-order valence-corrected chi connectivity index (χ1v) is 6.71. The van der Waals surface area contributed by atoms with Gasteiger partial charge in [-0.3, -0.25) is 4.79 Å². The van der Waals surface area contributed by atoms with Gasteiger partial charge in [0.05, 0.1) is 11.3 Å². The first kappa shape index (κ1) is 12.2. The Kier molecular flexibility index (Phi) is 2.98. The minimum absolute atomic E-state index is 0.0139. The van der Waals surface area contributed by atoms with Crippen LogP contribution in [0.1, 0.15) is 31.2 Å². The fraction of sp³-hybridized carbons (Fsp3) is 0.467. The number of benzene rings is 1. The van der Waals surface area contributed by atoms with E-state index in [1.165, 1.54) is 25.0 Å². The minimum Gasteiger partial charge on any atom is -0.325 e. The van der Waals surface area contributed by atoms with Gasteiger partial charge in [0.15, 0.2) is 0 Å². The van der Waals surface area contributed by atoms with Crippen LogP contribution >= 0.6 is 0 Å². The zero-order chi connectivity index (χ0) is 13.4. The van der Waals surface area contributed by atoms with E-state index in [4.69, 9.17) is 5.26 Å². The quantitative estimate of drug-likeness (QED) is 0.886. The normalized spacial score (nSPS) is 28.1. The predicted octanol–water partition coefficient (Wildman–Crippen LogP) is 3.07. The average Bonchev–Trinajstić information content (AvgIpc) is 3.15. The number of hydrogen-bond donors (Lipinski definition) is 1. The third kappa shape index (κ3) is 2.21. The lowest BCUT2D eigenvalue weighted by molar-refractivity contribution is -0.117. The molecule has 4 heteroatoms. The number of carbonyl (C=O) groups excluding carboxylic acids is 1. The molecular formula is C15H15FN2O. The van der Waals surface area contributed by atoms with E-state index >= 15 is 0 Å². The van der Waals surface area contributed by atoms with Crippen molar-refractivity contribution < 1.29 is 9.18 Å². The highest BCUT2D eigenvalue weighted by molar-refractivity contribution is 5.96. The molecule has 1 N–H and O–H groups in total. The summed E-state index contributed by atoms with van der Waals surface area (Å²) < 4.78 is 13.0. The van der Waals surface area contributed by atoms with Crippen molar-refractivity contribution in [1.29, 1.82) is 5.26 Å². The van der Waals surface area contributed by atoms with Crippen molar-refractivity contribution in [3.8, 4) is 6.07 Å². The van der Waals surface area contributed by atoms with E-state index < -0.39 is 5.82 Å². The number of carbonyl (C=O) groups is 1. The molecule has 0 bridgehead atoms. The van der Waals surface area contributed by atoms with Gasteiger partial charge in [-0.1, -0.05) is 12.8 Å². The molecule has 2 fully saturated rings. The topological polar surface area (TPSA) is 52.9 Å². The summed E-state index contributed by atoms with van der Waals surface area (Å²) >= 11 is 0. The van der Waals surface area contributed by atoms with Crippen molar-refractivity contribution in [1.82, 2.24) is 0 Å². The van der Waals surface area contributed by atoms with Crippen molar-refractivity contribution >= 4 is 11.6 Å². The molecule has 3 nitrogen and oxygen atoms in total. The van der Waals surface area contributed by atoms with Gasteiger partial charge in [-0.15, -0.1) is 0 Å². The Labute approximate surface area is 111 Å². The summed E-state index contributed by atoms with van der Waals surface area (Å²) in [7, 11) is 0. The third-order valence-electron chi connectivity index (χ3n) is 4.32. The predicted molar refractivity (Wildman–Crippen MR) is 68.7 cm³/mol. The van der Waals surface area contributed by atoms with Gasteiger partial charge in [-0.2, -0.15) is 5.26 Å². The molecule has 0 heterocycles. The Bertz CT molecular complexity index is 552. The Morgan fingerprint density at radius 2 is 2.00 bits per heavy atom. The second-order valence-corrected chi connectivity index (χ2v) is 5.43. The first-order valence-electron chi connectivity index (χ1n) is 6.71. The lowest BCUT2D eigenvalue weighted by Gasteiger charge is -2.06. The van der Waals surface area contributed by atoms with Crippen LogP contribution < -0.4 is 5.32 Å². The molecule has 1 aromatic carbocycles. The van der Waals surface area contributed by atoms with Crippen LogP contribution in [-0.2, 0) is 4.79 Å². The van der Waals surface area contributed by atoms with E-state index in [0.29, 0.717) is 17.5 Å². The first-order chi connectivity index (χ1) is 9.20. The van der Waals surface area contributed by atoms with Crippen LogP contribution in [0.15, 0.2) is 18.2 Å². The van der Waals surface area contributed by atoms with Crippen LogP contribution in [0, 0.1) is 34.9 Å². The molecule has 2 aliphatic carbocycles. The van der Waals surface area contributed by atoms with E-state index in [2.05, 4.69) is 5.32 Å². The Morgan fingerprint density at radius 3 is 2.63 bits per heavy atom. The number of halogens is 1. The van der Waals surface area contributed by atoms with Crippen molar-refractivity contribution in [3.05, 3.63) is 29.6 Å². The van der Waals surface area contributed by atoms with Gasteiger partial charge >= 0.3 is 0 Å². The molecule has 0 aromatic heterocycles. The van der Waals surface area contributed by atoms with Gasteiger partial charge in [0.25, 0.3) is 0 Å². The maximum Gasteiger partial charge on any atom is 0.228 e. The summed E-state index contributed by atoms with van der Waals surface area (Å²) in [6, 6.07) is 5.77. The summed E-state index contributed by atoms with van der Waals surface area (Å²) in [6.07, 6.45) is 4.70. The molecule has 1 aromatic rings. The number of fused-ring (bicyclic) bond motifs is 1. The van der Waals surface area contributed by atoms with Gasteiger partial charge in [0.1, 0.15) is 11.9 Å². The van der Waals surface area contributed by atoms with Crippen LogP contribution in [0.3, 0.4) is 0 Å². The molecule has 2 saturated carbocycles. The van der Waals surface area contributed by atoms with E-state index in [-0.39, 0.29) is 17.4 Å². The van der Waals surface area contributed by atoms with Gasteiger partial charge in [-0.25, -0.2) is 4.39 Å². The fourth-order valence-electron chi connectivity index (χ4n) is 3.32. The van der Waals surface area contributed by atoms with Gasteiger partial charge in [0, 0.05) is 5.92 Å². The second-order valence-electron chi connectivity index (χ2n) is 5.43. The molecule has 0 radical (unpaired) electrons. The highest BCUT2D eigenvalue weighted by Crippen LogP contribution is 2.55. The molecule has 98 valence electrons. The molecule has 0 saturated heterocycles. The van der Waals surface area contributed by atoms with Crippen LogP contribution in [0.2, 0.25) is 0 Å². The molecule has 1 amide bonds. The van der Waals surface area contributed by atoms with Crippen molar-refractivity contribution in [2.24, 2.45) is 17.8 Å². The number of anilines is 1. The summed E-state index contributed by atoms with van der Waals surface area (Å²) in [4.78, 5) is 12.2. The number of nitrogens with zero attached hydrogens (tertiary/aromatic N) is 1. The summed E-state index contributed by atoms with van der Waals surface area (Å²) in [5.74, 6) is 0.674. The maximum atomic E-state index is 13.0. The van der Waals surface area contributed by atoms with Crippen molar-refractivity contribution in [3.63, 3.8) is 0 Å². The van der Waals surface area contributed by atoms with E-state index in [9.17, 15) is 9.18 Å². The van der Waals surface area contributed by atoms with Crippen LogP contribution in [0.25, 0.3) is 0 Å². The summed E-state index contributed by atoms with van der Waals surface area (Å²) in [6.45, 7) is 0. The molecular weight excluding hydrogens is 243 g/mol. The van der Waals surface area contributed by atoms with E-state index in [1.807, 2.05) is 6.07 Å².